The lowest BCUT2D eigenvalue weighted by molar-refractivity contribution is 0.0870. The van der Waals surface area contributed by atoms with Gasteiger partial charge in [0.1, 0.15) is 4.99 Å². The maximum absolute atomic E-state index is 5.61. The number of thiocarbonyl (C=S) groups is 1. The van der Waals surface area contributed by atoms with E-state index < -0.39 is 0 Å². The van der Waals surface area contributed by atoms with E-state index in [2.05, 4.69) is 5.32 Å². The predicted octanol–water partition coefficient (Wildman–Crippen LogP) is 2.47. The summed E-state index contributed by atoms with van der Waals surface area (Å²) in [5, 5.41) is 3.30. The van der Waals surface area contributed by atoms with Crippen LogP contribution in [0, 0.1) is 6.92 Å². The summed E-state index contributed by atoms with van der Waals surface area (Å²) < 4.78 is 5.45. The van der Waals surface area contributed by atoms with Crippen LogP contribution in [-0.4, -0.2) is 24.2 Å². The van der Waals surface area contributed by atoms with Crippen molar-refractivity contribution in [3.05, 3.63) is 29.3 Å². The number of anilines is 1. The van der Waals surface area contributed by atoms with Crippen LogP contribution in [0.2, 0.25) is 0 Å². The van der Waals surface area contributed by atoms with Crippen molar-refractivity contribution in [1.82, 2.24) is 0 Å². The Kier molecular flexibility index (Phi) is 5.38. The van der Waals surface area contributed by atoms with E-state index in [0.29, 0.717) is 11.6 Å². The Balaban J connectivity index is 2.50. The van der Waals surface area contributed by atoms with Crippen molar-refractivity contribution in [1.29, 1.82) is 0 Å². The van der Waals surface area contributed by atoms with Crippen LogP contribution in [0.4, 0.5) is 5.69 Å². The average molecular weight is 252 g/mol. The van der Waals surface area contributed by atoms with Gasteiger partial charge in [-0.25, -0.2) is 0 Å². The molecule has 4 heteroatoms. The molecular formula is C13H20N2OS. The Morgan fingerprint density at radius 3 is 2.71 bits per heavy atom. The number of rotatable bonds is 6. The highest BCUT2D eigenvalue weighted by Crippen LogP contribution is 2.14. The summed E-state index contributed by atoms with van der Waals surface area (Å²) in [5.74, 6) is 0. The first-order chi connectivity index (χ1) is 8.00. The fourth-order valence-electron chi connectivity index (χ4n) is 1.54. The van der Waals surface area contributed by atoms with Gasteiger partial charge in [0.2, 0.25) is 0 Å². The Hall–Kier alpha value is -1.13. The SMILES string of the molecule is Cc1cc(NCCOC(C)C)ccc1C(N)=S. The summed E-state index contributed by atoms with van der Waals surface area (Å²) in [6, 6.07) is 5.98. The van der Waals surface area contributed by atoms with Crippen LogP contribution in [-0.2, 0) is 4.74 Å². The monoisotopic (exact) mass is 252 g/mol. The molecule has 1 rings (SSSR count). The number of hydrogen-bond donors (Lipinski definition) is 2. The van der Waals surface area contributed by atoms with Crippen molar-refractivity contribution in [3.63, 3.8) is 0 Å². The molecule has 0 aliphatic carbocycles. The highest BCUT2D eigenvalue weighted by Gasteiger charge is 2.02. The third-order valence-corrected chi connectivity index (χ3v) is 2.59. The third kappa shape index (κ3) is 4.71. The molecule has 1 aromatic carbocycles. The minimum Gasteiger partial charge on any atom is -0.389 e. The highest BCUT2D eigenvalue weighted by molar-refractivity contribution is 7.80. The summed E-state index contributed by atoms with van der Waals surface area (Å²) in [6.45, 7) is 7.56. The summed E-state index contributed by atoms with van der Waals surface area (Å²) >= 11 is 4.97. The lowest BCUT2D eigenvalue weighted by Gasteiger charge is -2.11. The zero-order valence-corrected chi connectivity index (χ0v) is 11.4. The molecule has 17 heavy (non-hydrogen) atoms. The number of aryl methyl sites for hydroxylation is 1. The predicted molar refractivity (Wildman–Crippen MR) is 76.6 cm³/mol. The van der Waals surface area contributed by atoms with Gasteiger partial charge in [-0.2, -0.15) is 0 Å². The third-order valence-electron chi connectivity index (χ3n) is 2.37. The molecule has 1 aromatic rings. The van der Waals surface area contributed by atoms with Gasteiger partial charge in [0.05, 0.1) is 12.7 Å². The van der Waals surface area contributed by atoms with Crippen LogP contribution in [0.5, 0.6) is 0 Å². The fraction of sp³-hybridized carbons (Fsp3) is 0.462. The molecule has 0 spiro atoms. The van der Waals surface area contributed by atoms with Gasteiger partial charge >= 0.3 is 0 Å². The number of benzene rings is 1. The fourth-order valence-corrected chi connectivity index (χ4v) is 1.77. The van der Waals surface area contributed by atoms with Crippen LogP contribution in [0.25, 0.3) is 0 Å². The molecule has 94 valence electrons. The van der Waals surface area contributed by atoms with Gasteiger partial charge in [-0.05, 0) is 44.5 Å². The van der Waals surface area contributed by atoms with E-state index in [1.54, 1.807) is 0 Å². The largest absolute Gasteiger partial charge is 0.389 e. The topological polar surface area (TPSA) is 47.3 Å². The molecule has 0 aliphatic heterocycles. The van der Waals surface area contributed by atoms with Crippen LogP contribution in [0.15, 0.2) is 18.2 Å². The summed E-state index contributed by atoms with van der Waals surface area (Å²) in [5.41, 5.74) is 8.70. The zero-order valence-electron chi connectivity index (χ0n) is 10.6. The molecule has 0 amide bonds. The number of hydrogen-bond acceptors (Lipinski definition) is 3. The van der Waals surface area contributed by atoms with E-state index in [9.17, 15) is 0 Å². The Morgan fingerprint density at radius 2 is 2.18 bits per heavy atom. The van der Waals surface area contributed by atoms with E-state index in [4.69, 9.17) is 22.7 Å². The molecule has 0 heterocycles. The molecule has 0 aromatic heterocycles. The second-order valence-electron chi connectivity index (χ2n) is 4.24. The Bertz CT molecular complexity index is 391. The minimum atomic E-state index is 0.274. The molecule has 0 fully saturated rings. The molecule has 0 aliphatic rings. The van der Waals surface area contributed by atoms with Crippen LogP contribution in [0.1, 0.15) is 25.0 Å². The molecule has 0 atom stereocenters. The second-order valence-corrected chi connectivity index (χ2v) is 4.68. The molecule has 0 unspecified atom stereocenters. The van der Waals surface area contributed by atoms with Crippen LogP contribution >= 0.6 is 12.2 Å². The van der Waals surface area contributed by atoms with Gasteiger partial charge in [0.15, 0.2) is 0 Å². The molecule has 3 N–H and O–H groups in total. The van der Waals surface area contributed by atoms with Crippen molar-refractivity contribution in [2.24, 2.45) is 5.73 Å². The smallest absolute Gasteiger partial charge is 0.104 e. The maximum atomic E-state index is 5.61. The summed E-state index contributed by atoms with van der Waals surface area (Å²) in [6.07, 6.45) is 0.274. The van der Waals surface area contributed by atoms with Crippen molar-refractivity contribution in [2.75, 3.05) is 18.5 Å². The number of nitrogens with two attached hydrogens (primary N) is 1. The molecule has 0 saturated heterocycles. The van der Waals surface area contributed by atoms with Gasteiger partial charge < -0.3 is 15.8 Å². The minimum absolute atomic E-state index is 0.274. The van der Waals surface area contributed by atoms with E-state index >= 15 is 0 Å². The van der Waals surface area contributed by atoms with Crippen molar-refractivity contribution >= 4 is 22.9 Å². The van der Waals surface area contributed by atoms with Crippen molar-refractivity contribution in [2.45, 2.75) is 26.9 Å². The lowest BCUT2D eigenvalue weighted by atomic mass is 10.1. The van der Waals surface area contributed by atoms with Crippen LogP contribution < -0.4 is 11.1 Å². The molecule has 0 saturated carbocycles. The average Bonchev–Trinajstić information content (AvgIpc) is 2.23. The van der Waals surface area contributed by atoms with Gasteiger partial charge in [-0.15, -0.1) is 0 Å². The van der Waals surface area contributed by atoms with Gasteiger partial charge in [0, 0.05) is 17.8 Å². The Morgan fingerprint density at radius 1 is 1.47 bits per heavy atom. The number of nitrogens with one attached hydrogen (secondary N) is 1. The lowest BCUT2D eigenvalue weighted by Crippen LogP contribution is -2.14. The first-order valence-electron chi connectivity index (χ1n) is 5.76. The molecule has 0 radical (unpaired) electrons. The maximum Gasteiger partial charge on any atom is 0.104 e. The second kappa shape index (κ2) is 6.57. The van der Waals surface area contributed by atoms with Crippen molar-refractivity contribution in [3.8, 4) is 0 Å². The Labute approximate surface area is 108 Å². The van der Waals surface area contributed by atoms with Crippen LogP contribution in [0.3, 0.4) is 0 Å². The highest BCUT2D eigenvalue weighted by atomic mass is 32.1. The summed E-state index contributed by atoms with van der Waals surface area (Å²) in [7, 11) is 0. The summed E-state index contributed by atoms with van der Waals surface area (Å²) in [4.78, 5) is 0.442. The van der Waals surface area contributed by atoms with E-state index in [1.807, 2.05) is 39.0 Å². The van der Waals surface area contributed by atoms with E-state index in [-0.39, 0.29) is 6.10 Å². The molecular weight excluding hydrogens is 232 g/mol. The van der Waals surface area contributed by atoms with E-state index in [1.165, 1.54) is 0 Å². The first kappa shape index (κ1) is 13.9. The van der Waals surface area contributed by atoms with Gasteiger partial charge in [0.25, 0.3) is 0 Å². The quantitative estimate of drug-likeness (QED) is 0.603. The normalized spacial score (nSPS) is 10.6. The molecule has 3 nitrogen and oxygen atoms in total. The standard InChI is InChI=1S/C13H20N2OS/c1-9(2)16-7-6-15-11-4-5-12(13(14)17)10(3)8-11/h4-5,8-9,15H,6-7H2,1-3H3,(H2,14,17). The zero-order chi connectivity index (χ0) is 12.8. The van der Waals surface area contributed by atoms with Gasteiger partial charge in [-0.1, -0.05) is 12.2 Å². The first-order valence-corrected chi connectivity index (χ1v) is 6.17. The molecule has 0 bridgehead atoms. The van der Waals surface area contributed by atoms with Crippen molar-refractivity contribution < 1.29 is 4.74 Å². The van der Waals surface area contributed by atoms with E-state index in [0.717, 1.165) is 23.4 Å². The van der Waals surface area contributed by atoms with Gasteiger partial charge in [-0.3, -0.25) is 0 Å². The number of ether oxygens (including phenoxy) is 1.